The summed E-state index contributed by atoms with van der Waals surface area (Å²) in [7, 11) is 0. The lowest BCUT2D eigenvalue weighted by atomic mass is 9.95. The molecule has 0 radical (unpaired) electrons. The molecule has 0 saturated carbocycles. The molecule has 1 fully saturated rings. The van der Waals surface area contributed by atoms with Crippen molar-refractivity contribution in [2.75, 3.05) is 11.5 Å². The lowest BCUT2D eigenvalue weighted by Crippen LogP contribution is -2.29. The summed E-state index contributed by atoms with van der Waals surface area (Å²) in [5, 5.41) is 21.1. The van der Waals surface area contributed by atoms with Crippen LogP contribution in [0.25, 0.3) is 5.76 Å². The lowest BCUT2D eigenvalue weighted by molar-refractivity contribution is -0.132. The van der Waals surface area contributed by atoms with Gasteiger partial charge >= 0.3 is 0 Å². The van der Waals surface area contributed by atoms with Crippen molar-refractivity contribution in [3.05, 3.63) is 95.1 Å². The number of anilines is 1. The molecule has 3 aromatic carbocycles. The maximum atomic E-state index is 14.0. The monoisotopic (exact) mass is 465 g/mol. The predicted octanol–water partition coefficient (Wildman–Crippen LogP) is 5.09. The molecule has 4 rings (SSSR count). The molecule has 1 aliphatic rings. The maximum Gasteiger partial charge on any atom is 0.300 e. The van der Waals surface area contributed by atoms with Crippen molar-refractivity contribution >= 4 is 23.1 Å². The Bertz CT molecular complexity index is 1290. The fourth-order valence-electron chi connectivity index (χ4n) is 3.83. The number of carbonyl (C=O) groups is 2. The average Bonchev–Trinajstić information content (AvgIpc) is 3.10. The van der Waals surface area contributed by atoms with Gasteiger partial charge in [0.1, 0.15) is 17.3 Å². The molecule has 1 heterocycles. The summed E-state index contributed by atoms with van der Waals surface area (Å²) in [6.45, 7) is 2.48. The Balaban J connectivity index is 1.87. The third kappa shape index (κ3) is 4.22. The van der Waals surface area contributed by atoms with Crippen LogP contribution in [0, 0.1) is 11.6 Å². The smallest absolute Gasteiger partial charge is 0.300 e. The lowest BCUT2D eigenvalue weighted by Gasteiger charge is -2.25. The third-order valence-electron chi connectivity index (χ3n) is 5.41. The maximum absolute atomic E-state index is 14.0. The van der Waals surface area contributed by atoms with Crippen molar-refractivity contribution in [3.63, 3.8) is 0 Å². The Morgan fingerprint density at radius 1 is 1.00 bits per heavy atom. The third-order valence-corrected chi connectivity index (χ3v) is 5.41. The number of benzene rings is 3. The molecule has 1 unspecified atom stereocenters. The topological polar surface area (TPSA) is 87.1 Å². The first-order valence-corrected chi connectivity index (χ1v) is 10.6. The number of carbonyl (C=O) groups excluding carboxylic acids is 2. The molecule has 0 bridgehead atoms. The van der Waals surface area contributed by atoms with E-state index < -0.39 is 35.1 Å². The number of phenols is 1. The number of halogens is 2. The van der Waals surface area contributed by atoms with Gasteiger partial charge in [0.05, 0.1) is 18.2 Å². The summed E-state index contributed by atoms with van der Waals surface area (Å²) in [5.74, 6) is -4.34. The van der Waals surface area contributed by atoms with E-state index in [0.29, 0.717) is 17.9 Å². The van der Waals surface area contributed by atoms with Crippen LogP contribution in [0.2, 0.25) is 0 Å². The minimum atomic E-state index is -1.20. The fourth-order valence-corrected chi connectivity index (χ4v) is 3.83. The second kappa shape index (κ2) is 9.35. The van der Waals surface area contributed by atoms with Gasteiger partial charge in [-0.2, -0.15) is 0 Å². The van der Waals surface area contributed by atoms with E-state index in [9.17, 15) is 28.6 Å². The molecule has 1 aliphatic heterocycles. The highest BCUT2D eigenvalue weighted by Gasteiger charge is 2.47. The highest BCUT2D eigenvalue weighted by Crippen LogP contribution is 2.43. The van der Waals surface area contributed by atoms with E-state index in [1.807, 2.05) is 6.92 Å². The van der Waals surface area contributed by atoms with Crippen molar-refractivity contribution in [1.29, 1.82) is 0 Å². The van der Waals surface area contributed by atoms with E-state index in [1.54, 1.807) is 30.3 Å². The molecule has 0 spiro atoms. The fraction of sp³-hybridized carbons (Fsp3) is 0.154. The SMILES string of the molecule is CCCOc1ccc(/C(O)=C2\C(=O)C(=O)N(c3ccc(F)c(F)c3)C2c2cccc(O)c2)cc1. The zero-order valence-electron chi connectivity index (χ0n) is 18.2. The number of hydrogen-bond donors (Lipinski definition) is 2. The number of hydrogen-bond acceptors (Lipinski definition) is 5. The zero-order valence-corrected chi connectivity index (χ0v) is 18.2. The van der Waals surface area contributed by atoms with Gasteiger partial charge in [-0.15, -0.1) is 0 Å². The first-order chi connectivity index (χ1) is 16.3. The number of rotatable bonds is 6. The van der Waals surface area contributed by atoms with Gasteiger partial charge in [0.15, 0.2) is 11.6 Å². The Kier molecular flexibility index (Phi) is 6.32. The van der Waals surface area contributed by atoms with Gasteiger partial charge in [-0.3, -0.25) is 14.5 Å². The van der Waals surface area contributed by atoms with Crippen LogP contribution in [-0.4, -0.2) is 28.5 Å². The Labute approximate surface area is 194 Å². The second-order valence-corrected chi connectivity index (χ2v) is 7.74. The van der Waals surface area contributed by atoms with Gasteiger partial charge in [-0.05, 0) is 60.5 Å². The largest absolute Gasteiger partial charge is 0.508 e. The van der Waals surface area contributed by atoms with Crippen LogP contribution >= 0.6 is 0 Å². The quantitative estimate of drug-likeness (QED) is 0.301. The standard InChI is InChI=1S/C26H21F2NO5/c1-2-12-34-19-9-6-15(7-10-19)24(31)22-23(16-4-3-5-18(30)13-16)29(26(33)25(22)32)17-8-11-20(27)21(28)14-17/h3-11,13-14,23,30-31H,2,12H2,1H3/b24-22+. The van der Waals surface area contributed by atoms with E-state index >= 15 is 0 Å². The summed E-state index contributed by atoms with van der Waals surface area (Å²) >= 11 is 0. The number of Topliss-reactive ketones (excluding diaryl/α,β-unsaturated/α-hetero) is 1. The van der Waals surface area contributed by atoms with Crippen molar-refractivity contribution in [3.8, 4) is 11.5 Å². The van der Waals surface area contributed by atoms with Crippen LogP contribution in [-0.2, 0) is 9.59 Å². The number of ether oxygens (including phenoxy) is 1. The zero-order chi connectivity index (χ0) is 24.4. The second-order valence-electron chi connectivity index (χ2n) is 7.74. The van der Waals surface area contributed by atoms with E-state index in [1.165, 1.54) is 24.3 Å². The summed E-state index contributed by atoms with van der Waals surface area (Å²) in [5.41, 5.74) is 0.241. The normalized spacial score (nSPS) is 17.3. The number of aliphatic hydroxyl groups is 1. The molecular weight excluding hydrogens is 444 g/mol. The molecule has 6 nitrogen and oxygen atoms in total. The summed E-state index contributed by atoms with van der Waals surface area (Å²) in [4.78, 5) is 27.1. The van der Waals surface area contributed by atoms with Crippen LogP contribution < -0.4 is 9.64 Å². The van der Waals surface area contributed by atoms with Gasteiger partial charge in [-0.25, -0.2) is 8.78 Å². The van der Waals surface area contributed by atoms with E-state index in [-0.39, 0.29) is 22.6 Å². The molecule has 0 aliphatic carbocycles. The number of amides is 1. The molecule has 0 aromatic heterocycles. The Hall–Kier alpha value is -4.20. The molecule has 1 atom stereocenters. The van der Waals surface area contributed by atoms with Crippen LogP contribution in [0.5, 0.6) is 11.5 Å². The molecule has 8 heteroatoms. The Morgan fingerprint density at radius 2 is 1.74 bits per heavy atom. The molecule has 2 N–H and O–H groups in total. The number of aromatic hydroxyl groups is 1. The minimum Gasteiger partial charge on any atom is -0.508 e. The number of ketones is 1. The molecular formula is C26H21F2NO5. The molecule has 1 amide bonds. The van der Waals surface area contributed by atoms with Crippen molar-refractivity contribution in [2.45, 2.75) is 19.4 Å². The highest BCUT2D eigenvalue weighted by atomic mass is 19.2. The first-order valence-electron chi connectivity index (χ1n) is 10.6. The van der Waals surface area contributed by atoms with Gasteiger partial charge in [-0.1, -0.05) is 19.1 Å². The molecule has 3 aromatic rings. The van der Waals surface area contributed by atoms with Gasteiger partial charge in [0, 0.05) is 17.3 Å². The van der Waals surface area contributed by atoms with Crippen LogP contribution in [0.4, 0.5) is 14.5 Å². The first kappa shape index (κ1) is 23.0. The average molecular weight is 465 g/mol. The number of nitrogens with zero attached hydrogens (tertiary/aromatic N) is 1. The molecule has 34 heavy (non-hydrogen) atoms. The summed E-state index contributed by atoms with van der Waals surface area (Å²) < 4.78 is 33.0. The molecule has 174 valence electrons. The number of aliphatic hydroxyl groups excluding tert-OH is 1. The summed E-state index contributed by atoms with van der Waals surface area (Å²) in [6, 6.07) is 13.8. The number of phenolic OH excluding ortho intramolecular Hbond substituents is 1. The predicted molar refractivity (Wildman–Crippen MR) is 121 cm³/mol. The van der Waals surface area contributed by atoms with Crippen LogP contribution in [0.3, 0.4) is 0 Å². The minimum absolute atomic E-state index is 0.0725. The Morgan fingerprint density at radius 3 is 2.38 bits per heavy atom. The van der Waals surface area contributed by atoms with Gasteiger partial charge in [0.2, 0.25) is 0 Å². The van der Waals surface area contributed by atoms with E-state index in [4.69, 9.17) is 4.74 Å². The van der Waals surface area contributed by atoms with Gasteiger partial charge < -0.3 is 14.9 Å². The van der Waals surface area contributed by atoms with Crippen LogP contribution in [0.15, 0.2) is 72.3 Å². The van der Waals surface area contributed by atoms with Crippen molar-refractivity contribution in [2.24, 2.45) is 0 Å². The van der Waals surface area contributed by atoms with Gasteiger partial charge in [0.25, 0.3) is 11.7 Å². The highest BCUT2D eigenvalue weighted by molar-refractivity contribution is 6.51. The van der Waals surface area contributed by atoms with E-state index in [0.717, 1.165) is 23.5 Å². The van der Waals surface area contributed by atoms with E-state index in [2.05, 4.69) is 0 Å². The summed E-state index contributed by atoms with van der Waals surface area (Å²) in [6.07, 6.45) is 0.819. The molecule has 1 saturated heterocycles. The van der Waals surface area contributed by atoms with Crippen molar-refractivity contribution < 1.29 is 33.3 Å². The van der Waals surface area contributed by atoms with Crippen molar-refractivity contribution in [1.82, 2.24) is 0 Å². The van der Waals surface area contributed by atoms with Crippen LogP contribution in [0.1, 0.15) is 30.5 Å².